The minimum atomic E-state index is -0.669. The molecule has 0 fully saturated rings. The van der Waals surface area contributed by atoms with Gasteiger partial charge in [0.25, 0.3) is 0 Å². The number of esters is 1. The van der Waals surface area contributed by atoms with E-state index in [1.165, 1.54) is 6.08 Å². The topological polar surface area (TPSA) is 59.3 Å². The summed E-state index contributed by atoms with van der Waals surface area (Å²) in [6, 6.07) is 14.5. The number of hydrogen-bond donors (Lipinski definition) is 0. The average molecular weight is 335 g/mol. The molecule has 2 aromatic rings. The molecule has 0 aliphatic carbocycles. The number of carbonyl (C=O) groups excluding carboxylic acids is 1. The van der Waals surface area contributed by atoms with E-state index in [1.807, 2.05) is 45.0 Å². The molecule has 0 spiro atoms. The maximum Gasteiger partial charge on any atom is 0.354 e. The van der Waals surface area contributed by atoms with Crippen molar-refractivity contribution in [1.82, 2.24) is 0 Å². The van der Waals surface area contributed by atoms with Gasteiger partial charge in [0.2, 0.25) is 0 Å². The van der Waals surface area contributed by atoms with Crippen LogP contribution in [-0.4, -0.2) is 12.6 Å². The predicted molar refractivity (Wildman–Crippen MR) is 97.4 cm³/mol. The first-order valence-corrected chi connectivity index (χ1v) is 8.17. The lowest BCUT2D eigenvalue weighted by Crippen LogP contribution is -2.10. The number of hydrogen-bond acceptors (Lipinski definition) is 4. The van der Waals surface area contributed by atoms with Crippen LogP contribution in [0.15, 0.2) is 48.0 Å². The third-order valence-corrected chi connectivity index (χ3v) is 3.69. The molecule has 128 valence electrons. The zero-order chi connectivity index (χ0) is 18.2. The highest BCUT2D eigenvalue weighted by atomic mass is 16.5. The van der Waals surface area contributed by atoms with Crippen LogP contribution in [0.25, 0.3) is 6.08 Å². The second-order valence-corrected chi connectivity index (χ2v) is 5.72. The maximum atomic E-state index is 12.2. The minimum absolute atomic E-state index is 0.0551. The van der Waals surface area contributed by atoms with Gasteiger partial charge in [-0.05, 0) is 67.3 Å². The number of rotatable bonds is 6. The molecular formula is C21H21NO3. The predicted octanol–water partition coefficient (Wildman–Crippen LogP) is 4.60. The first kappa shape index (κ1) is 18.3. The number of aryl methyl sites for hydroxylation is 2. The molecule has 25 heavy (non-hydrogen) atoms. The van der Waals surface area contributed by atoms with Crippen LogP contribution in [0.1, 0.15) is 30.0 Å². The third-order valence-electron chi connectivity index (χ3n) is 3.69. The number of nitrogens with zero attached hydrogens (tertiary/aromatic N) is 1. The van der Waals surface area contributed by atoms with Crippen molar-refractivity contribution in [2.75, 3.05) is 6.61 Å². The number of nitriles is 1. The van der Waals surface area contributed by atoms with Crippen molar-refractivity contribution in [2.45, 2.75) is 27.2 Å². The van der Waals surface area contributed by atoms with Gasteiger partial charge in [-0.25, -0.2) is 4.79 Å². The molecule has 2 rings (SSSR count). The molecule has 0 saturated carbocycles. The van der Waals surface area contributed by atoms with E-state index in [0.717, 1.165) is 28.9 Å². The van der Waals surface area contributed by atoms with Crippen molar-refractivity contribution >= 4 is 12.0 Å². The van der Waals surface area contributed by atoms with Crippen molar-refractivity contribution in [2.24, 2.45) is 0 Å². The Balaban J connectivity index is 2.12. The van der Waals surface area contributed by atoms with Gasteiger partial charge >= 0.3 is 5.97 Å². The van der Waals surface area contributed by atoms with Gasteiger partial charge in [0, 0.05) is 0 Å². The largest absolute Gasteiger partial charge is 0.494 e. The minimum Gasteiger partial charge on any atom is -0.494 e. The zero-order valence-corrected chi connectivity index (χ0v) is 14.7. The van der Waals surface area contributed by atoms with Crippen LogP contribution in [-0.2, 0) is 4.79 Å². The standard InChI is InChI=1S/C21H21NO3/c1-4-11-24-19-9-6-17(7-10-19)13-18(14-22)21(23)25-20-8-5-15(2)16(3)12-20/h5-10,12-13H,4,11H2,1-3H3. The molecule has 0 amide bonds. The van der Waals surface area contributed by atoms with Gasteiger partial charge < -0.3 is 9.47 Å². The summed E-state index contributed by atoms with van der Waals surface area (Å²) in [5, 5.41) is 9.26. The van der Waals surface area contributed by atoms with Crippen molar-refractivity contribution in [3.05, 3.63) is 64.7 Å². The van der Waals surface area contributed by atoms with Gasteiger partial charge in [-0.3, -0.25) is 0 Å². The molecule has 0 aliphatic heterocycles. The molecule has 4 nitrogen and oxygen atoms in total. The molecule has 2 aromatic carbocycles. The molecule has 0 N–H and O–H groups in total. The summed E-state index contributed by atoms with van der Waals surface area (Å²) in [5.74, 6) is 0.518. The Morgan fingerprint density at radius 2 is 1.76 bits per heavy atom. The smallest absolute Gasteiger partial charge is 0.354 e. The van der Waals surface area contributed by atoms with E-state index in [2.05, 4.69) is 0 Å². The Bertz CT molecular complexity index is 814. The van der Waals surface area contributed by atoms with Crippen molar-refractivity contribution in [3.63, 3.8) is 0 Å². The maximum absolute atomic E-state index is 12.2. The molecule has 4 heteroatoms. The van der Waals surface area contributed by atoms with Crippen LogP contribution < -0.4 is 9.47 Å². The lowest BCUT2D eigenvalue weighted by atomic mass is 10.1. The second-order valence-electron chi connectivity index (χ2n) is 5.72. The highest BCUT2D eigenvalue weighted by Gasteiger charge is 2.12. The Morgan fingerprint density at radius 1 is 1.08 bits per heavy atom. The molecular weight excluding hydrogens is 314 g/mol. The number of carbonyl (C=O) groups is 1. The molecule has 0 atom stereocenters. The summed E-state index contributed by atoms with van der Waals surface area (Å²) >= 11 is 0. The van der Waals surface area contributed by atoms with Crippen molar-refractivity contribution < 1.29 is 14.3 Å². The molecule has 0 heterocycles. The summed E-state index contributed by atoms with van der Waals surface area (Å²) in [7, 11) is 0. The number of ether oxygens (including phenoxy) is 2. The zero-order valence-electron chi connectivity index (χ0n) is 14.7. The van der Waals surface area contributed by atoms with E-state index in [9.17, 15) is 10.1 Å². The van der Waals surface area contributed by atoms with Gasteiger partial charge in [-0.15, -0.1) is 0 Å². The van der Waals surface area contributed by atoms with E-state index in [0.29, 0.717) is 12.4 Å². The monoisotopic (exact) mass is 335 g/mol. The molecule has 0 aliphatic rings. The lowest BCUT2D eigenvalue weighted by molar-refractivity contribution is -0.129. The summed E-state index contributed by atoms with van der Waals surface area (Å²) < 4.78 is 10.8. The average Bonchev–Trinajstić information content (AvgIpc) is 2.62. The van der Waals surface area contributed by atoms with Gasteiger partial charge in [-0.1, -0.05) is 25.1 Å². The highest BCUT2D eigenvalue weighted by Crippen LogP contribution is 2.19. The fraction of sp³-hybridized carbons (Fsp3) is 0.238. The Labute approximate surface area is 148 Å². The quantitative estimate of drug-likeness (QED) is 0.335. The Kier molecular flexibility index (Phi) is 6.36. The first-order chi connectivity index (χ1) is 12.0. The van der Waals surface area contributed by atoms with Crippen LogP contribution >= 0.6 is 0 Å². The second kappa shape index (κ2) is 8.70. The first-order valence-electron chi connectivity index (χ1n) is 8.17. The molecule has 0 aromatic heterocycles. The molecule has 0 bridgehead atoms. The van der Waals surface area contributed by atoms with E-state index < -0.39 is 5.97 Å². The van der Waals surface area contributed by atoms with E-state index in [1.54, 1.807) is 24.3 Å². The molecule has 0 saturated heterocycles. The van der Waals surface area contributed by atoms with Gasteiger partial charge in [0.05, 0.1) is 6.61 Å². The van der Waals surface area contributed by atoms with Gasteiger partial charge in [0.15, 0.2) is 0 Å². The summed E-state index contributed by atoms with van der Waals surface area (Å²) in [5.41, 5.74) is 2.81. The van der Waals surface area contributed by atoms with Crippen LogP contribution in [0.3, 0.4) is 0 Å². The van der Waals surface area contributed by atoms with E-state index in [-0.39, 0.29) is 5.57 Å². The Hall–Kier alpha value is -3.06. The summed E-state index contributed by atoms with van der Waals surface area (Å²) in [6.45, 7) is 6.61. The SMILES string of the molecule is CCCOc1ccc(C=C(C#N)C(=O)Oc2ccc(C)c(C)c2)cc1. The highest BCUT2D eigenvalue weighted by molar-refractivity contribution is 5.99. The van der Waals surface area contributed by atoms with Crippen LogP contribution in [0.2, 0.25) is 0 Å². The van der Waals surface area contributed by atoms with Crippen molar-refractivity contribution in [1.29, 1.82) is 5.26 Å². The van der Waals surface area contributed by atoms with E-state index >= 15 is 0 Å². The fourth-order valence-corrected chi connectivity index (χ4v) is 2.12. The molecule has 0 unspecified atom stereocenters. The van der Waals surface area contributed by atoms with Crippen LogP contribution in [0.5, 0.6) is 11.5 Å². The van der Waals surface area contributed by atoms with Crippen LogP contribution in [0, 0.1) is 25.2 Å². The number of benzene rings is 2. The summed E-state index contributed by atoms with van der Waals surface area (Å²) in [4.78, 5) is 12.2. The lowest BCUT2D eigenvalue weighted by Gasteiger charge is -2.06. The fourth-order valence-electron chi connectivity index (χ4n) is 2.12. The van der Waals surface area contributed by atoms with Gasteiger partial charge in [0.1, 0.15) is 23.1 Å². The van der Waals surface area contributed by atoms with Gasteiger partial charge in [-0.2, -0.15) is 5.26 Å². The summed E-state index contributed by atoms with van der Waals surface area (Å²) in [6.07, 6.45) is 2.44. The van der Waals surface area contributed by atoms with E-state index in [4.69, 9.17) is 9.47 Å². The van der Waals surface area contributed by atoms with Crippen molar-refractivity contribution in [3.8, 4) is 17.6 Å². The molecule has 0 radical (unpaired) electrons. The third kappa shape index (κ3) is 5.22. The normalized spacial score (nSPS) is 10.9. The van der Waals surface area contributed by atoms with Crippen LogP contribution in [0.4, 0.5) is 0 Å². The Morgan fingerprint density at radius 3 is 2.36 bits per heavy atom.